The fraction of sp³-hybridized carbons (Fsp3) is 0.571. The molecule has 0 aliphatic carbocycles. The first-order valence-corrected chi connectivity index (χ1v) is 5.62. The zero-order valence-electron chi connectivity index (χ0n) is 8.35. The van der Waals surface area contributed by atoms with E-state index in [9.17, 15) is 8.42 Å². The van der Waals surface area contributed by atoms with Crippen molar-refractivity contribution in [3.05, 3.63) is 6.20 Å². The molecular weight excluding hydrogens is 204 g/mol. The van der Waals surface area contributed by atoms with E-state index in [1.165, 1.54) is 10.9 Å². The number of nitrogens with one attached hydrogen (secondary N) is 1. The highest BCUT2D eigenvalue weighted by molar-refractivity contribution is 7.89. The Morgan fingerprint density at radius 2 is 2.14 bits per heavy atom. The number of hydrogen-bond donors (Lipinski definition) is 2. The molecule has 14 heavy (non-hydrogen) atoms. The van der Waals surface area contributed by atoms with Gasteiger partial charge in [-0.1, -0.05) is 0 Å². The Morgan fingerprint density at radius 3 is 2.50 bits per heavy atom. The summed E-state index contributed by atoms with van der Waals surface area (Å²) in [5.74, 6) is 0.137. The standard InChI is InChI=1S/C7H14N4O2S/c1-5(2)10-14(12,13)6-4-9-11(3)7(6)8/h4-5,10H,8H2,1-3H3. The Hall–Kier alpha value is -1.08. The van der Waals surface area contributed by atoms with Crippen LogP contribution in [0.1, 0.15) is 13.8 Å². The van der Waals surface area contributed by atoms with Crippen molar-refractivity contribution in [3.63, 3.8) is 0 Å². The third-order valence-corrected chi connectivity index (χ3v) is 3.30. The number of anilines is 1. The molecule has 1 aromatic heterocycles. The number of rotatable bonds is 3. The molecule has 0 spiro atoms. The Bertz CT molecular complexity index is 421. The van der Waals surface area contributed by atoms with Crippen LogP contribution in [0.2, 0.25) is 0 Å². The average Bonchev–Trinajstić information content (AvgIpc) is 2.30. The summed E-state index contributed by atoms with van der Waals surface area (Å²) in [6.07, 6.45) is 1.24. The van der Waals surface area contributed by atoms with Gasteiger partial charge in [0.25, 0.3) is 0 Å². The van der Waals surface area contributed by atoms with E-state index >= 15 is 0 Å². The van der Waals surface area contributed by atoms with E-state index in [4.69, 9.17) is 5.73 Å². The first-order valence-electron chi connectivity index (χ1n) is 4.14. The molecule has 80 valence electrons. The first kappa shape index (κ1) is 11.0. The molecular formula is C7H14N4O2S. The summed E-state index contributed by atoms with van der Waals surface area (Å²) in [7, 11) is -1.94. The van der Waals surface area contributed by atoms with Gasteiger partial charge in [-0.15, -0.1) is 0 Å². The maximum Gasteiger partial charge on any atom is 0.246 e. The van der Waals surface area contributed by atoms with Crippen molar-refractivity contribution in [2.45, 2.75) is 24.8 Å². The molecule has 3 N–H and O–H groups in total. The lowest BCUT2D eigenvalue weighted by atomic mass is 10.4. The summed E-state index contributed by atoms with van der Waals surface area (Å²) in [6, 6.07) is -0.167. The summed E-state index contributed by atoms with van der Waals surface area (Å²) in [5, 5.41) is 3.76. The number of nitrogens with zero attached hydrogens (tertiary/aromatic N) is 2. The highest BCUT2D eigenvalue weighted by Gasteiger charge is 2.21. The summed E-state index contributed by atoms with van der Waals surface area (Å²) in [6.45, 7) is 3.48. The summed E-state index contributed by atoms with van der Waals surface area (Å²) >= 11 is 0. The fourth-order valence-corrected chi connectivity index (χ4v) is 2.35. The van der Waals surface area contributed by atoms with Crippen LogP contribution < -0.4 is 10.5 Å². The molecule has 0 bridgehead atoms. The first-order chi connectivity index (χ1) is 6.34. The number of nitrogens with two attached hydrogens (primary N) is 1. The normalized spacial score (nSPS) is 12.3. The average molecular weight is 218 g/mol. The van der Waals surface area contributed by atoms with Gasteiger partial charge in [-0.25, -0.2) is 13.1 Å². The lowest BCUT2D eigenvalue weighted by Crippen LogP contribution is -2.30. The molecule has 0 unspecified atom stereocenters. The van der Waals surface area contributed by atoms with Crippen LogP contribution in [-0.2, 0) is 17.1 Å². The van der Waals surface area contributed by atoms with Crippen LogP contribution in [-0.4, -0.2) is 24.2 Å². The van der Waals surface area contributed by atoms with Crippen molar-refractivity contribution in [3.8, 4) is 0 Å². The van der Waals surface area contributed by atoms with Crippen LogP contribution in [0.15, 0.2) is 11.1 Å². The Labute approximate surface area is 83.1 Å². The molecule has 1 aromatic rings. The Morgan fingerprint density at radius 1 is 1.57 bits per heavy atom. The van der Waals surface area contributed by atoms with Crippen LogP contribution in [0, 0.1) is 0 Å². The number of hydrogen-bond acceptors (Lipinski definition) is 4. The predicted molar refractivity (Wildman–Crippen MR) is 53.1 cm³/mol. The largest absolute Gasteiger partial charge is 0.383 e. The SMILES string of the molecule is CC(C)NS(=O)(=O)c1cnn(C)c1N. The monoisotopic (exact) mass is 218 g/mol. The molecule has 6 nitrogen and oxygen atoms in total. The van der Waals surface area contributed by atoms with Crippen LogP contribution in [0.25, 0.3) is 0 Å². The minimum Gasteiger partial charge on any atom is -0.383 e. The fourth-order valence-electron chi connectivity index (χ4n) is 1.01. The van der Waals surface area contributed by atoms with Crippen molar-refractivity contribution < 1.29 is 8.42 Å². The quantitative estimate of drug-likeness (QED) is 0.728. The molecule has 0 aliphatic heterocycles. The zero-order chi connectivity index (χ0) is 10.9. The number of sulfonamides is 1. The summed E-state index contributed by atoms with van der Waals surface area (Å²) < 4.78 is 27.0. The van der Waals surface area contributed by atoms with E-state index in [0.717, 1.165) is 0 Å². The van der Waals surface area contributed by atoms with Crippen molar-refractivity contribution in [2.24, 2.45) is 7.05 Å². The number of aromatic nitrogens is 2. The summed E-state index contributed by atoms with van der Waals surface area (Å²) in [5.41, 5.74) is 5.55. The van der Waals surface area contributed by atoms with Crippen molar-refractivity contribution in [1.82, 2.24) is 14.5 Å². The van der Waals surface area contributed by atoms with Crippen molar-refractivity contribution in [2.75, 3.05) is 5.73 Å². The maximum absolute atomic E-state index is 11.6. The second kappa shape index (κ2) is 3.58. The van der Waals surface area contributed by atoms with Crippen LogP contribution in [0.3, 0.4) is 0 Å². The molecule has 0 fully saturated rings. The van der Waals surface area contributed by atoms with Gasteiger partial charge in [0.2, 0.25) is 10.0 Å². The van der Waals surface area contributed by atoms with Crippen molar-refractivity contribution >= 4 is 15.8 Å². The molecule has 0 atom stereocenters. The maximum atomic E-state index is 11.6. The van der Waals surface area contributed by atoms with Gasteiger partial charge in [-0.3, -0.25) is 4.68 Å². The van der Waals surface area contributed by atoms with E-state index in [1.54, 1.807) is 20.9 Å². The molecule has 7 heteroatoms. The lowest BCUT2D eigenvalue weighted by molar-refractivity contribution is 0.570. The van der Waals surface area contributed by atoms with Gasteiger partial charge >= 0.3 is 0 Å². The molecule has 1 heterocycles. The van der Waals surface area contributed by atoms with E-state index in [2.05, 4.69) is 9.82 Å². The zero-order valence-corrected chi connectivity index (χ0v) is 9.17. The topological polar surface area (TPSA) is 90.0 Å². The van der Waals surface area contributed by atoms with Gasteiger partial charge in [0.1, 0.15) is 10.7 Å². The second-order valence-electron chi connectivity index (χ2n) is 3.29. The Balaban J connectivity index is 3.11. The van der Waals surface area contributed by atoms with Crippen LogP contribution in [0.5, 0.6) is 0 Å². The molecule has 0 saturated heterocycles. The lowest BCUT2D eigenvalue weighted by Gasteiger charge is -2.08. The molecule has 0 saturated carbocycles. The van der Waals surface area contributed by atoms with Gasteiger partial charge in [0.15, 0.2) is 0 Å². The van der Waals surface area contributed by atoms with E-state index < -0.39 is 10.0 Å². The van der Waals surface area contributed by atoms with E-state index in [0.29, 0.717) is 0 Å². The highest BCUT2D eigenvalue weighted by atomic mass is 32.2. The third kappa shape index (κ3) is 2.05. The number of aryl methyl sites for hydroxylation is 1. The van der Waals surface area contributed by atoms with Crippen LogP contribution >= 0.6 is 0 Å². The number of nitrogen functional groups attached to an aromatic ring is 1. The second-order valence-corrected chi connectivity index (χ2v) is 4.98. The smallest absolute Gasteiger partial charge is 0.246 e. The molecule has 1 rings (SSSR count). The van der Waals surface area contributed by atoms with E-state index in [-0.39, 0.29) is 16.8 Å². The minimum absolute atomic E-state index is 0.0219. The van der Waals surface area contributed by atoms with Gasteiger partial charge in [0.05, 0.1) is 6.20 Å². The van der Waals surface area contributed by atoms with Crippen LogP contribution in [0.4, 0.5) is 5.82 Å². The highest BCUT2D eigenvalue weighted by Crippen LogP contribution is 2.16. The van der Waals surface area contributed by atoms with Gasteiger partial charge in [-0.05, 0) is 13.8 Å². The predicted octanol–water partition coefficient (Wildman–Crippen LogP) is -0.311. The summed E-state index contributed by atoms with van der Waals surface area (Å²) in [4.78, 5) is 0.0219. The molecule has 0 radical (unpaired) electrons. The van der Waals surface area contributed by atoms with Gasteiger partial charge < -0.3 is 5.73 Å². The minimum atomic E-state index is -3.53. The molecule has 0 aromatic carbocycles. The Kier molecular flexibility index (Phi) is 2.81. The van der Waals surface area contributed by atoms with Gasteiger partial charge in [0, 0.05) is 13.1 Å². The van der Waals surface area contributed by atoms with Gasteiger partial charge in [-0.2, -0.15) is 5.10 Å². The third-order valence-electron chi connectivity index (χ3n) is 1.63. The van der Waals surface area contributed by atoms with E-state index in [1.807, 2.05) is 0 Å². The van der Waals surface area contributed by atoms with Crippen molar-refractivity contribution in [1.29, 1.82) is 0 Å². The molecule has 0 aliphatic rings. The molecule has 0 amide bonds.